The number of rotatable bonds is 7. The molecular weight excluding hydrogens is 262 g/mol. The van der Waals surface area contributed by atoms with Gasteiger partial charge in [-0.1, -0.05) is 6.07 Å². The maximum Gasteiger partial charge on any atom is 0.232 e. The highest BCUT2D eigenvalue weighted by atomic mass is 35.5. The number of nitrogens with one attached hydrogen (secondary N) is 1. The van der Waals surface area contributed by atoms with Crippen LogP contribution in [0.4, 0.5) is 5.69 Å². The fourth-order valence-corrected chi connectivity index (χ4v) is 2.70. The Morgan fingerprint density at radius 1 is 1.41 bits per heavy atom. The van der Waals surface area contributed by atoms with E-state index in [-0.39, 0.29) is 5.75 Å². The van der Waals surface area contributed by atoms with Crippen LogP contribution in [-0.2, 0) is 10.0 Å². The molecule has 0 aliphatic rings. The minimum absolute atomic E-state index is 0.0232. The van der Waals surface area contributed by atoms with Crippen molar-refractivity contribution in [1.29, 1.82) is 0 Å². The molecule has 17 heavy (non-hydrogen) atoms. The number of hydrogen-bond acceptors (Lipinski definition) is 3. The van der Waals surface area contributed by atoms with Gasteiger partial charge in [-0.05, 0) is 25.5 Å². The molecule has 1 rings (SSSR count). The van der Waals surface area contributed by atoms with Crippen LogP contribution in [-0.4, -0.2) is 26.7 Å². The first kappa shape index (κ1) is 14.1. The number of benzene rings is 1. The van der Waals surface area contributed by atoms with Gasteiger partial charge >= 0.3 is 0 Å². The molecule has 0 bridgehead atoms. The largest absolute Gasteiger partial charge is 0.494 e. The van der Waals surface area contributed by atoms with E-state index in [9.17, 15) is 8.42 Å². The van der Waals surface area contributed by atoms with Gasteiger partial charge in [0.1, 0.15) is 5.75 Å². The van der Waals surface area contributed by atoms with E-state index >= 15 is 0 Å². The zero-order valence-electron chi connectivity index (χ0n) is 9.65. The zero-order chi connectivity index (χ0) is 12.7. The summed E-state index contributed by atoms with van der Waals surface area (Å²) < 4.78 is 31.0. The highest BCUT2D eigenvalue weighted by Gasteiger charge is 2.09. The standard InChI is InChI=1S/C11H16ClNO3S/c1-2-16-11-6-3-5-10(9-11)13-17(14,15)8-4-7-12/h3,5-6,9,13H,2,4,7-8H2,1H3. The molecule has 0 saturated carbocycles. The van der Waals surface area contributed by atoms with Gasteiger partial charge in [0.2, 0.25) is 10.0 Å². The van der Waals surface area contributed by atoms with Crippen LogP contribution in [0.3, 0.4) is 0 Å². The topological polar surface area (TPSA) is 55.4 Å². The molecule has 0 atom stereocenters. The first-order chi connectivity index (χ1) is 8.07. The second-order valence-corrected chi connectivity index (χ2v) is 5.64. The van der Waals surface area contributed by atoms with Gasteiger partial charge in [-0.3, -0.25) is 4.72 Å². The van der Waals surface area contributed by atoms with Crippen molar-refractivity contribution in [2.75, 3.05) is 23.0 Å². The molecule has 1 aromatic rings. The summed E-state index contributed by atoms with van der Waals surface area (Å²) in [5.41, 5.74) is 0.505. The van der Waals surface area contributed by atoms with Gasteiger partial charge in [0, 0.05) is 11.9 Å². The summed E-state index contributed by atoms with van der Waals surface area (Å²) in [5, 5.41) is 0. The first-order valence-corrected chi connectivity index (χ1v) is 7.55. The smallest absolute Gasteiger partial charge is 0.232 e. The molecule has 0 fully saturated rings. The molecular formula is C11H16ClNO3S. The van der Waals surface area contributed by atoms with E-state index in [1.807, 2.05) is 6.92 Å². The van der Waals surface area contributed by atoms with Crippen LogP contribution in [0.25, 0.3) is 0 Å². The van der Waals surface area contributed by atoms with E-state index in [0.717, 1.165) is 0 Å². The molecule has 0 radical (unpaired) electrons. The third kappa shape index (κ3) is 5.28. The molecule has 0 aromatic heterocycles. The van der Waals surface area contributed by atoms with Gasteiger partial charge < -0.3 is 4.74 Å². The fraction of sp³-hybridized carbons (Fsp3) is 0.455. The predicted molar refractivity (Wildman–Crippen MR) is 70.4 cm³/mol. The predicted octanol–water partition coefficient (Wildman–Crippen LogP) is 2.46. The van der Waals surface area contributed by atoms with E-state index in [2.05, 4.69) is 4.72 Å². The van der Waals surface area contributed by atoms with Crippen molar-refractivity contribution >= 4 is 27.3 Å². The van der Waals surface area contributed by atoms with E-state index in [0.29, 0.717) is 30.3 Å². The molecule has 4 nitrogen and oxygen atoms in total. The highest BCUT2D eigenvalue weighted by molar-refractivity contribution is 7.92. The van der Waals surface area contributed by atoms with Gasteiger partial charge in [0.15, 0.2) is 0 Å². The summed E-state index contributed by atoms with van der Waals surface area (Å²) in [6.07, 6.45) is 0.433. The van der Waals surface area contributed by atoms with Crippen LogP contribution < -0.4 is 9.46 Å². The SMILES string of the molecule is CCOc1cccc(NS(=O)(=O)CCCCl)c1. The lowest BCUT2D eigenvalue weighted by molar-refractivity contribution is 0.340. The van der Waals surface area contributed by atoms with Crippen molar-refractivity contribution in [3.8, 4) is 5.75 Å². The maximum absolute atomic E-state index is 11.6. The van der Waals surface area contributed by atoms with Crippen LogP contribution in [0.15, 0.2) is 24.3 Å². The number of ether oxygens (including phenoxy) is 1. The first-order valence-electron chi connectivity index (χ1n) is 5.36. The summed E-state index contributed by atoms with van der Waals surface area (Å²) in [6, 6.07) is 6.85. The fourth-order valence-electron chi connectivity index (χ4n) is 1.29. The quantitative estimate of drug-likeness (QED) is 0.779. The van der Waals surface area contributed by atoms with Crippen LogP contribution in [0.5, 0.6) is 5.75 Å². The van der Waals surface area contributed by atoms with Crippen molar-refractivity contribution in [3.05, 3.63) is 24.3 Å². The van der Waals surface area contributed by atoms with Crippen molar-refractivity contribution in [2.45, 2.75) is 13.3 Å². The molecule has 0 aliphatic heterocycles. The number of hydrogen-bond donors (Lipinski definition) is 1. The molecule has 0 saturated heterocycles. The Morgan fingerprint density at radius 3 is 2.82 bits per heavy atom. The Balaban J connectivity index is 2.70. The van der Waals surface area contributed by atoms with Gasteiger partial charge in [-0.15, -0.1) is 11.6 Å². The summed E-state index contributed by atoms with van der Waals surface area (Å²) in [4.78, 5) is 0. The third-order valence-electron chi connectivity index (χ3n) is 1.97. The molecule has 0 spiro atoms. The molecule has 1 aromatic carbocycles. The Hall–Kier alpha value is -0.940. The van der Waals surface area contributed by atoms with Crippen molar-refractivity contribution in [3.63, 3.8) is 0 Å². The van der Waals surface area contributed by atoms with Crippen molar-refractivity contribution in [2.24, 2.45) is 0 Å². The zero-order valence-corrected chi connectivity index (χ0v) is 11.2. The lowest BCUT2D eigenvalue weighted by atomic mass is 10.3. The van der Waals surface area contributed by atoms with Gasteiger partial charge in [0.05, 0.1) is 18.0 Å². The van der Waals surface area contributed by atoms with Crippen molar-refractivity contribution in [1.82, 2.24) is 0 Å². The molecule has 96 valence electrons. The second-order valence-electron chi connectivity index (χ2n) is 3.42. The molecule has 0 aliphatic carbocycles. The van der Waals surface area contributed by atoms with Gasteiger partial charge in [-0.25, -0.2) is 8.42 Å². The Morgan fingerprint density at radius 2 is 2.18 bits per heavy atom. The Bertz CT molecular complexity index is 448. The summed E-state index contributed by atoms with van der Waals surface area (Å²) >= 11 is 5.46. The van der Waals surface area contributed by atoms with Gasteiger partial charge in [0.25, 0.3) is 0 Å². The lowest BCUT2D eigenvalue weighted by Gasteiger charge is -2.09. The molecule has 1 N–H and O–H groups in total. The minimum Gasteiger partial charge on any atom is -0.494 e. The monoisotopic (exact) mass is 277 g/mol. The highest BCUT2D eigenvalue weighted by Crippen LogP contribution is 2.18. The Labute approximate surface area is 107 Å². The molecule has 0 unspecified atom stereocenters. The maximum atomic E-state index is 11.6. The second kappa shape index (κ2) is 6.71. The average molecular weight is 278 g/mol. The number of sulfonamides is 1. The average Bonchev–Trinajstić information content (AvgIpc) is 2.27. The summed E-state index contributed by atoms with van der Waals surface area (Å²) in [5.74, 6) is 1.000. The third-order valence-corrected chi connectivity index (χ3v) is 3.61. The van der Waals surface area contributed by atoms with E-state index in [4.69, 9.17) is 16.3 Å². The molecule has 0 amide bonds. The van der Waals surface area contributed by atoms with Crippen LogP contribution in [0.2, 0.25) is 0 Å². The van der Waals surface area contributed by atoms with Crippen LogP contribution >= 0.6 is 11.6 Å². The number of anilines is 1. The van der Waals surface area contributed by atoms with E-state index in [1.165, 1.54) is 0 Å². The summed E-state index contributed by atoms with van der Waals surface area (Å²) in [6.45, 7) is 2.42. The summed E-state index contributed by atoms with van der Waals surface area (Å²) in [7, 11) is -3.32. The molecule has 0 heterocycles. The number of alkyl halides is 1. The lowest BCUT2D eigenvalue weighted by Crippen LogP contribution is -2.16. The van der Waals surface area contributed by atoms with Crippen LogP contribution in [0, 0.1) is 0 Å². The van der Waals surface area contributed by atoms with E-state index in [1.54, 1.807) is 24.3 Å². The molecule has 6 heteroatoms. The van der Waals surface area contributed by atoms with Gasteiger partial charge in [-0.2, -0.15) is 0 Å². The van der Waals surface area contributed by atoms with Crippen LogP contribution in [0.1, 0.15) is 13.3 Å². The van der Waals surface area contributed by atoms with E-state index < -0.39 is 10.0 Å². The minimum atomic E-state index is -3.32. The number of halogens is 1. The normalized spacial score (nSPS) is 11.2. The van der Waals surface area contributed by atoms with Crippen molar-refractivity contribution < 1.29 is 13.2 Å². The Kier molecular flexibility index (Phi) is 5.58.